The number of nitrogens with one attached hydrogen (secondary N) is 2. The molecule has 3 rings (SSSR count). The molecule has 1 amide bonds. The van der Waals surface area contributed by atoms with Crippen LogP contribution in [0.5, 0.6) is 11.5 Å². The molecule has 8 nitrogen and oxygen atoms in total. The van der Waals surface area contributed by atoms with Crippen LogP contribution in [-0.2, 0) is 6.18 Å². The Balaban J connectivity index is 1.87. The minimum atomic E-state index is -4.69. The van der Waals surface area contributed by atoms with E-state index in [1.54, 1.807) is 36.3 Å². The zero-order chi connectivity index (χ0) is 21.2. The molecule has 0 saturated carbocycles. The zero-order valence-electron chi connectivity index (χ0n) is 14.8. The Bertz CT molecular complexity index is 1080. The number of ether oxygens (including phenoxy) is 1. The van der Waals surface area contributed by atoms with Gasteiger partial charge in [0.2, 0.25) is 0 Å². The molecular weight excluding hydrogens is 393 g/mol. The fraction of sp³-hybridized carbons (Fsp3) is 0.111. The Hall–Kier alpha value is -3.89. The maximum atomic E-state index is 12.6. The molecule has 2 N–H and O–H groups in total. The Morgan fingerprint density at radius 1 is 1.21 bits per heavy atom. The van der Waals surface area contributed by atoms with Crippen molar-refractivity contribution in [3.05, 3.63) is 75.6 Å². The van der Waals surface area contributed by atoms with Gasteiger partial charge in [-0.05, 0) is 18.6 Å². The number of carbonyl (C=O) groups is 1. The molecule has 29 heavy (non-hydrogen) atoms. The summed E-state index contributed by atoms with van der Waals surface area (Å²) in [6, 6.07) is 11.0. The number of nitrogens with zero attached hydrogens (tertiary/aromatic N) is 2. The van der Waals surface area contributed by atoms with E-state index >= 15 is 0 Å². The van der Waals surface area contributed by atoms with Crippen LogP contribution in [0.1, 0.15) is 21.7 Å². The number of hydrogen-bond acceptors (Lipinski definition) is 5. The normalized spacial score (nSPS) is 11.2. The molecule has 1 heterocycles. The summed E-state index contributed by atoms with van der Waals surface area (Å²) in [6.45, 7) is 1.78. The van der Waals surface area contributed by atoms with Crippen molar-refractivity contribution in [2.45, 2.75) is 13.1 Å². The van der Waals surface area contributed by atoms with E-state index in [-0.39, 0.29) is 17.1 Å². The first-order valence-electron chi connectivity index (χ1n) is 8.10. The van der Waals surface area contributed by atoms with Crippen LogP contribution in [0.4, 0.5) is 24.5 Å². The minimum Gasteiger partial charge on any atom is -0.457 e. The topological polar surface area (TPSA) is 110 Å². The van der Waals surface area contributed by atoms with E-state index in [1.807, 2.05) is 0 Å². The zero-order valence-corrected chi connectivity index (χ0v) is 14.8. The fourth-order valence-electron chi connectivity index (χ4n) is 2.40. The van der Waals surface area contributed by atoms with Crippen molar-refractivity contribution in [1.82, 2.24) is 10.2 Å². The van der Waals surface area contributed by atoms with Crippen molar-refractivity contribution in [2.24, 2.45) is 0 Å². The van der Waals surface area contributed by atoms with Gasteiger partial charge in [0.1, 0.15) is 17.2 Å². The quantitative estimate of drug-likeness (QED) is 0.472. The summed E-state index contributed by atoms with van der Waals surface area (Å²) in [4.78, 5) is 22.7. The van der Waals surface area contributed by atoms with Gasteiger partial charge in [-0.2, -0.15) is 18.3 Å². The van der Waals surface area contributed by atoms with E-state index in [0.29, 0.717) is 11.8 Å². The fourth-order valence-corrected chi connectivity index (χ4v) is 2.40. The molecule has 11 heteroatoms. The van der Waals surface area contributed by atoms with E-state index in [1.165, 1.54) is 12.1 Å². The Morgan fingerprint density at radius 3 is 2.55 bits per heavy atom. The van der Waals surface area contributed by atoms with Crippen molar-refractivity contribution in [3.8, 4) is 11.5 Å². The number of halogens is 3. The molecule has 150 valence electrons. The van der Waals surface area contributed by atoms with Crippen molar-refractivity contribution < 1.29 is 27.6 Å². The third-order valence-electron chi connectivity index (χ3n) is 3.80. The Kier molecular flexibility index (Phi) is 5.22. The highest BCUT2D eigenvalue weighted by molar-refractivity contribution is 6.03. The van der Waals surface area contributed by atoms with Gasteiger partial charge in [0.25, 0.3) is 11.6 Å². The second-order valence-electron chi connectivity index (χ2n) is 5.96. The van der Waals surface area contributed by atoms with Crippen LogP contribution in [0, 0.1) is 17.0 Å². The first-order valence-corrected chi connectivity index (χ1v) is 8.10. The van der Waals surface area contributed by atoms with Crippen LogP contribution in [-0.4, -0.2) is 21.0 Å². The lowest BCUT2D eigenvalue weighted by Gasteiger charge is -2.10. The van der Waals surface area contributed by atoms with Crippen LogP contribution in [0.15, 0.2) is 48.5 Å². The number of rotatable bonds is 5. The average molecular weight is 406 g/mol. The van der Waals surface area contributed by atoms with Gasteiger partial charge in [0.15, 0.2) is 5.69 Å². The van der Waals surface area contributed by atoms with Crippen molar-refractivity contribution in [3.63, 3.8) is 0 Å². The Morgan fingerprint density at radius 2 is 1.93 bits per heavy atom. The molecule has 0 fully saturated rings. The van der Waals surface area contributed by atoms with Crippen LogP contribution < -0.4 is 10.1 Å². The second kappa shape index (κ2) is 7.62. The number of non-ortho nitro benzene ring substituents is 1. The summed E-state index contributed by atoms with van der Waals surface area (Å²) < 4.78 is 43.5. The molecule has 0 aliphatic rings. The first kappa shape index (κ1) is 19.9. The van der Waals surface area contributed by atoms with Crippen molar-refractivity contribution in [2.75, 3.05) is 5.32 Å². The highest BCUT2D eigenvalue weighted by Crippen LogP contribution is 2.32. The number of aryl methyl sites for hydroxylation is 1. The molecule has 0 aliphatic heterocycles. The minimum absolute atomic E-state index is 0.0376. The maximum absolute atomic E-state index is 12.6. The highest BCUT2D eigenvalue weighted by atomic mass is 19.4. The predicted octanol–water partition coefficient (Wildman–Crippen LogP) is 4.69. The monoisotopic (exact) mass is 406 g/mol. The van der Waals surface area contributed by atoms with Crippen LogP contribution in [0.25, 0.3) is 0 Å². The van der Waals surface area contributed by atoms with Gasteiger partial charge < -0.3 is 10.1 Å². The molecule has 0 atom stereocenters. The highest BCUT2D eigenvalue weighted by Gasteiger charge is 2.33. The number of alkyl halides is 3. The van der Waals surface area contributed by atoms with Gasteiger partial charge in [0, 0.05) is 18.2 Å². The summed E-state index contributed by atoms with van der Waals surface area (Å²) in [5.41, 5.74) is -1.34. The third kappa shape index (κ3) is 4.69. The summed E-state index contributed by atoms with van der Waals surface area (Å²) in [7, 11) is 0. The lowest BCUT2D eigenvalue weighted by Crippen LogP contribution is -2.12. The number of H-pyrrole nitrogens is 1. The van der Waals surface area contributed by atoms with Gasteiger partial charge >= 0.3 is 6.18 Å². The van der Waals surface area contributed by atoms with Crippen LogP contribution >= 0.6 is 0 Å². The summed E-state index contributed by atoms with van der Waals surface area (Å²) in [6.07, 6.45) is -4.69. The van der Waals surface area contributed by atoms with Gasteiger partial charge in [-0.1, -0.05) is 18.2 Å². The molecule has 3 aromatic rings. The second-order valence-corrected chi connectivity index (χ2v) is 5.96. The van der Waals surface area contributed by atoms with E-state index < -0.39 is 28.4 Å². The maximum Gasteiger partial charge on any atom is 0.432 e. The third-order valence-corrected chi connectivity index (χ3v) is 3.80. The summed E-state index contributed by atoms with van der Waals surface area (Å²) in [5.74, 6) is -0.451. The molecule has 0 aliphatic carbocycles. The number of benzene rings is 2. The van der Waals surface area contributed by atoms with E-state index in [0.717, 1.165) is 11.6 Å². The SMILES string of the molecule is Cc1ccccc1Oc1cc(NC(=O)c2cc(C(F)(F)F)[nH]n2)cc([N+](=O)[O-])c1. The number of para-hydroxylation sites is 1. The number of amides is 1. The molecule has 0 unspecified atom stereocenters. The number of aromatic nitrogens is 2. The van der Waals surface area contributed by atoms with Gasteiger partial charge in [-0.3, -0.25) is 20.0 Å². The molecule has 0 saturated heterocycles. The summed E-state index contributed by atoms with van der Waals surface area (Å²) in [5, 5.41) is 18.5. The molecule has 0 spiro atoms. The number of anilines is 1. The molecule has 0 radical (unpaired) electrons. The van der Waals surface area contributed by atoms with Crippen LogP contribution in [0.2, 0.25) is 0 Å². The molecular formula is C18H13F3N4O4. The van der Waals surface area contributed by atoms with E-state index in [4.69, 9.17) is 4.74 Å². The largest absolute Gasteiger partial charge is 0.457 e. The lowest BCUT2D eigenvalue weighted by molar-refractivity contribution is -0.384. The first-order chi connectivity index (χ1) is 13.6. The average Bonchev–Trinajstić information content (AvgIpc) is 3.14. The number of aromatic amines is 1. The van der Waals surface area contributed by atoms with E-state index in [9.17, 15) is 28.1 Å². The van der Waals surface area contributed by atoms with Crippen molar-refractivity contribution in [1.29, 1.82) is 0 Å². The molecule has 1 aromatic heterocycles. The smallest absolute Gasteiger partial charge is 0.432 e. The van der Waals surface area contributed by atoms with Gasteiger partial charge in [-0.25, -0.2) is 0 Å². The molecule has 0 bridgehead atoms. The number of nitro groups is 1. The Labute approximate surface area is 161 Å². The van der Waals surface area contributed by atoms with Crippen LogP contribution in [0.3, 0.4) is 0 Å². The number of carbonyl (C=O) groups excluding carboxylic acids is 1. The summed E-state index contributed by atoms with van der Waals surface area (Å²) >= 11 is 0. The lowest BCUT2D eigenvalue weighted by atomic mass is 10.2. The number of hydrogen-bond donors (Lipinski definition) is 2. The van der Waals surface area contributed by atoms with E-state index in [2.05, 4.69) is 10.4 Å². The van der Waals surface area contributed by atoms with Crippen molar-refractivity contribution >= 4 is 17.3 Å². The number of nitro benzene ring substituents is 1. The van der Waals surface area contributed by atoms with Gasteiger partial charge in [-0.15, -0.1) is 0 Å². The molecule has 2 aromatic carbocycles. The standard InChI is InChI=1S/C18H13F3N4O4/c1-10-4-2-3-5-15(10)29-13-7-11(6-12(8-13)25(27)28)22-17(26)14-9-16(24-23-14)18(19,20)21/h2-9H,1H3,(H,22,26)(H,23,24). The predicted molar refractivity (Wildman–Crippen MR) is 95.9 cm³/mol. The van der Waals surface area contributed by atoms with Gasteiger partial charge in [0.05, 0.1) is 16.7 Å².